The second kappa shape index (κ2) is 8.52. The maximum atomic E-state index is 14.1. The fourth-order valence-corrected chi connectivity index (χ4v) is 6.20. The minimum atomic E-state index is -0.968. The highest BCUT2D eigenvalue weighted by atomic mass is 16.6. The van der Waals surface area contributed by atoms with Crippen LogP contribution in [0.4, 0.5) is 11.4 Å². The molecule has 0 bridgehead atoms. The van der Waals surface area contributed by atoms with E-state index < -0.39 is 34.7 Å². The van der Waals surface area contributed by atoms with E-state index in [0.29, 0.717) is 30.4 Å². The van der Waals surface area contributed by atoms with Crippen molar-refractivity contribution in [3.05, 3.63) is 99.7 Å². The molecule has 2 saturated heterocycles. The van der Waals surface area contributed by atoms with Crippen LogP contribution >= 0.6 is 0 Å². The Morgan fingerprint density at radius 3 is 2.38 bits per heavy atom. The highest BCUT2D eigenvalue weighted by Gasteiger charge is 2.64. The van der Waals surface area contributed by atoms with Gasteiger partial charge in [-0.25, -0.2) is 4.90 Å². The van der Waals surface area contributed by atoms with E-state index in [2.05, 4.69) is 0 Å². The number of imide groups is 1. The Bertz CT molecular complexity index is 1600. The van der Waals surface area contributed by atoms with Crippen LogP contribution in [0.15, 0.2) is 72.9 Å². The molecular weight excluding hydrogens is 502 g/mol. The third kappa shape index (κ3) is 3.37. The zero-order chi connectivity index (χ0) is 26.8. The van der Waals surface area contributed by atoms with Crippen molar-refractivity contribution in [1.29, 1.82) is 0 Å². The van der Waals surface area contributed by atoms with E-state index in [0.717, 1.165) is 16.0 Å². The number of nitro benzene ring substituents is 1. The molecule has 4 aliphatic rings. The highest BCUT2D eigenvalue weighted by Crippen LogP contribution is 2.54. The van der Waals surface area contributed by atoms with Gasteiger partial charge in [0, 0.05) is 30.0 Å². The molecule has 3 aromatic rings. The summed E-state index contributed by atoms with van der Waals surface area (Å²) >= 11 is 0. The summed E-state index contributed by atoms with van der Waals surface area (Å²) in [6.45, 7) is 0.768. The van der Waals surface area contributed by atoms with Crippen LogP contribution in [0.5, 0.6) is 11.5 Å². The predicted octanol–water partition coefficient (Wildman–Crippen LogP) is 3.76. The van der Waals surface area contributed by atoms with Gasteiger partial charge >= 0.3 is 0 Å². The van der Waals surface area contributed by atoms with Crippen molar-refractivity contribution in [2.45, 2.75) is 12.1 Å². The minimum Gasteiger partial charge on any atom is -0.486 e. The van der Waals surface area contributed by atoms with Crippen LogP contribution in [-0.4, -0.2) is 46.7 Å². The summed E-state index contributed by atoms with van der Waals surface area (Å²) in [7, 11) is 0. The van der Waals surface area contributed by atoms with Gasteiger partial charge in [-0.1, -0.05) is 24.3 Å². The van der Waals surface area contributed by atoms with Gasteiger partial charge in [-0.2, -0.15) is 0 Å². The number of amides is 2. The zero-order valence-corrected chi connectivity index (χ0v) is 20.4. The minimum absolute atomic E-state index is 0.141. The average molecular weight is 524 g/mol. The molecule has 0 radical (unpaired) electrons. The number of carbonyl (C=O) groups excluding carboxylic acids is 3. The third-order valence-electron chi connectivity index (χ3n) is 7.88. The monoisotopic (exact) mass is 523 g/mol. The molecule has 39 heavy (non-hydrogen) atoms. The normalized spacial score (nSPS) is 24.3. The molecule has 10 heteroatoms. The van der Waals surface area contributed by atoms with Gasteiger partial charge in [0.2, 0.25) is 11.8 Å². The maximum Gasteiger partial charge on any atom is 0.269 e. The summed E-state index contributed by atoms with van der Waals surface area (Å²) in [5.74, 6) is -2.01. The Morgan fingerprint density at radius 1 is 0.897 bits per heavy atom. The molecule has 7 rings (SSSR count). The first-order valence-electron chi connectivity index (χ1n) is 12.5. The lowest BCUT2D eigenvalue weighted by Crippen LogP contribution is -2.44. The third-order valence-corrected chi connectivity index (χ3v) is 7.88. The van der Waals surface area contributed by atoms with Gasteiger partial charge in [0.15, 0.2) is 17.3 Å². The second-order valence-corrected chi connectivity index (χ2v) is 9.84. The predicted molar refractivity (Wildman–Crippen MR) is 138 cm³/mol. The van der Waals surface area contributed by atoms with Crippen molar-refractivity contribution in [2.24, 2.45) is 11.8 Å². The number of fused-ring (bicyclic) bond motifs is 6. The van der Waals surface area contributed by atoms with Crippen LogP contribution in [0.1, 0.15) is 27.5 Å². The summed E-state index contributed by atoms with van der Waals surface area (Å²) < 4.78 is 11.3. The first-order valence-corrected chi connectivity index (χ1v) is 12.5. The number of hydrogen-bond acceptors (Lipinski definition) is 8. The molecule has 0 aromatic heterocycles. The molecule has 4 aliphatic heterocycles. The molecule has 0 unspecified atom stereocenters. The molecule has 0 saturated carbocycles. The van der Waals surface area contributed by atoms with Crippen molar-refractivity contribution < 1.29 is 28.8 Å². The molecule has 2 amide bonds. The quantitative estimate of drug-likeness (QED) is 0.219. The standard InChI is InChI=1S/C29H21N3O7/c33-27(17-5-7-18(8-6-17)32(36)37)26-24-23(25-20-4-2-1-3-16(20)11-12-30(25)26)28(34)31(29(24)35)19-9-10-21-22(15-19)39-14-13-38-21/h1-12,15,23-26H,13-14H2/t23-,24-,25+,26+/m0/s1. The fraction of sp³-hybridized carbons (Fsp3) is 0.207. The first kappa shape index (κ1) is 23.2. The van der Waals surface area contributed by atoms with Crippen LogP contribution in [0.3, 0.4) is 0 Å². The van der Waals surface area contributed by atoms with E-state index in [1.54, 1.807) is 29.3 Å². The number of non-ortho nitro benzene ring substituents is 1. The Hall–Kier alpha value is -4.99. The molecule has 2 fully saturated rings. The Balaban J connectivity index is 1.33. The number of carbonyl (C=O) groups is 3. The lowest BCUT2D eigenvalue weighted by molar-refractivity contribution is -0.384. The molecular formula is C29H21N3O7. The largest absolute Gasteiger partial charge is 0.486 e. The highest BCUT2D eigenvalue weighted by molar-refractivity contribution is 6.24. The fourth-order valence-electron chi connectivity index (χ4n) is 6.20. The number of nitro groups is 1. The van der Waals surface area contributed by atoms with Gasteiger partial charge in [-0.15, -0.1) is 0 Å². The molecule has 0 spiro atoms. The lowest BCUT2D eigenvalue weighted by atomic mass is 9.83. The molecule has 0 aliphatic carbocycles. The number of ether oxygens (including phenoxy) is 2. The Morgan fingerprint density at radius 2 is 1.62 bits per heavy atom. The first-order chi connectivity index (χ1) is 18.9. The van der Waals surface area contributed by atoms with Crippen molar-refractivity contribution in [2.75, 3.05) is 18.1 Å². The van der Waals surface area contributed by atoms with E-state index in [1.165, 1.54) is 24.3 Å². The van der Waals surface area contributed by atoms with Gasteiger partial charge in [0.1, 0.15) is 19.3 Å². The summed E-state index contributed by atoms with van der Waals surface area (Å²) in [6, 6.07) is 16.4. The SMILES string of the molecule is O=C(c1ccc([N+](=O)[O-])cc1)[C@H]1[C@H]2C(=O)N(c3ccc4c(c3)OCCO4)C(=O)[C@@H]2[C@H]2c3ccccc3C=CN21. The second-order valence-electron chi connectivity index (χ2n) is 9.84. The van der Waals surface area contributed by atoms with Gasteiger partial charge in [0.05, 0.1) is 28.5 Å². The van der Waals surface area contributed by atoms with Gasteiger partial charge in [-0.3, -0.25) is 24.5 Å². The Labute approximate surface area is 222 Å². The van der Waals surface area contributed by atoms with Crippen LogP contribution in [-0.2, 0) is 9.59 Å². The van der Waals surface area contributed by atoms with E-state index in [4.69, 9.17) is 9.47 Å². The number of benzene rings is 3. The van der Waals surface area contributed by atoms with Gasteiger partial charge < -0.3 is 14.4 Å². The van der Waals surface area contributed by atoms with Crippen LogP contribution < -0.4 is 14.4 Å². The van der Waals surface area contributed by atoms with Crippen LogP contribution in [0, 0.1) is 22.0 Å². The lowest BCUT2D eigenvalue weighted by Gasteiger charge is -2.35. The van der Waals surface area contributed by atoms with Crippen molar-refractivity contribution in [3.63, 3.8) is 0 Å². The van der Waals surface area contributed by atoms with Crippen molar-refractivity contribution >= 4 is 35.0 Å². The average Bonchev–Trinajstić information content (AvgIpc) is 3.44. The van der Waals surface area contributed by atoms with Crippen LogP contribution in [0.2, 0.25) is 0 Å². The van der Waals surface area contributed by atoms with Crippen molar-refractivity contribution in [3.8, 4) is 11.5 Å². The van der Waals surface area contributed by atoms with E-state index in [-0.39, 0.29) is 22.9 Å². The van der Waals surface area contributed by atoms with E-state index in [1.807, 2.05) is 30.3 Å². The van der Waals surface area contributed by atoms with Crippen LogP contribution in [0.25, 0.3) is 6.08 Å². The number of hydrogen-bond donors (Lipinski definition) is 0. The zero-order valence-electron chi connectivity index (χ0n) is 20.4. The summed E-state index contributed by atoms with van der Waals surface area (Å²) in [6.07, 6.45) is 3.64. The van der Waals surface area contributed by atoms with Gasteiger partial charge in [0.25, 0.3) is 5.69 Å². The number of ketones is 1. The smallest absolute Gasteiger partial charge is 0.269 e. The van der Waals surface area contributed by atoms with Crippen molar-refractivity contribution in [1.82, 2.24) is 4.90 Å². The Kier molecular flexibility index (Phi) is 5.06. The maximum absolute atomic E-state index is 14.1. The number of anilines is 1. The molecule has 4 atom stereocenters. The summed E-state index contributed by atoms with van der Waals surface area (Å²) in [4.78, 5) is 55.6. The molecule has 10 nitrogen and oxygen atoms in total. The summed E-state index contributed by atoms with van der Waals surface area (Å²) in [5.41, 5.74) is 2.22. The van der Waals surface area contributed by atoms with Gasteiger partial charge in [-0.05, 0) is 41.5 Å². The summed E-state index contributed by atoms with van der Waals surface area (Å²) in [5, 5.41) is 11.1. The molecule has 4 heterocycles. The number of nitrogens with zero attached hydrogens (tertiary/aromatic N) is 3. The van der Waals surface area contributed by atoms with E-state index in [9.17, 15) is 24.5 Å². The number of rotatable bonds is 4. The topological polar surface area (TPSA) is 119 Å². The molecule has 3 aromatic carbocycles. The molecule has 194 valence electrons. The number of Topliss-reactive ketones (excluding diaryl/α,β-unsaturated/α-hetero) is 1. The molecule has 0 N–H and O–H groups in total. The van der Waals surface area contributed by atoms with E-state index >= 15 is 0 Å².